The van der Waals surface area contributed by atoms with Crippen LogP contribution in [0.5, 0.6) is 0 Å². The lowest BCUT2D eigenvalue weighted by atomic mass is 9.68. The van der Waals surface area contributed by atoms with Gasteiger partial charge in [-0.25, -0.2) is 4.79 Å². The van der Waals surface area contributed by atoms with Gasteiger partial charge in [0.05, 0.1) is 11.8 Å². The first-order valence-corrected chi connectivity index (χ1v) is 11.5. The molecule has 0 spiro atoms. The van der Waals surface area contributed by atoms with Gasteiger partial charge in [-0.2, -0.15) is 0 Å². The number of benzene rings is 2. The highest BCUT2D eigenvalue weighted by atomic mass is 16.5. The quantitative estimate of drug-likeness (QED) is 0.534. The molecule has 0 aromatic heterocycles. The Morgan fingerprint density at radius 1 is 1.06 bits per heavy atom. The minimum absolute atomic E-state index is 0.0227. The van der Waals surface area contributed by atoms with Crippen molar-refractivity contribution in [1.82, 2.24) is 10.6 Å². The fourth-order valence-corrected chi connectivity index (χ4v) is 4.83. The van der Waals surface area contributed by atoms with Crippen molar-refractivity contribution in [3.05, 3.63) is 59.7 Å². The van der Waals surface area contributed by atoms with Gasteiger partial charge in [0, 0.05) is 18.5 Å². The molecule has 33 heavy (non-hydrogen) atoms. The van der Waals surface area contributed by atoms with Crippen molar-refractivity contribution in [2.24, 2.45) is 5.41 Å². The monoisotopic (exact) mass is 450 g/mol. The molecule has 1 saturated carbocycles. The van der Waals surface area contributed by atoms with Gasteiger partial charge in [0.1, 0.15) is 6.61 Å². The van der Waals surface area contributed by atoms with Crippen molar-refractivity contribution in [2.75, 3.05) is 13.2 Å². The smallest absolute Gasteiger partial charge is 0.407 e. The van der Waals surface area contributed by atoms with E-state index in [0.29, 0.717) is 19.3 Å². The van der Waals surface area contributed by atoms with Crippen LogP contribution in [-0.2, 0) is 14.3 Å². The maximum absolute atomic E-state index is 12.9. The van der Waals surface area contributed by atoms with E-state index in [4.69, 9.17) is 9.84 Å². The number of rotatable bonds is 9. The summed E-state index contributed by atoms with van der Waals surface area (Å²) in [4.78, 5) is 36.4. The second-order valence-corrected chi connectivity index (χ2v) is 8.99. The number of ether oxygens (including phenoxy) is 1. The van der Waals surface area contributed by atoms with Crippen LogP contribution in [0, 0.1) is 5.41 Å². The van der Waals surface area contributed by atoms with E-state index in [0.717, 1.165) is 17.5 Å². The molecule has 0 heterocycles. The summed E-state index contributed by atoms with van der Waals surface area (Å²) in [6.07, 6.45) is 2.09. The minimum Gasteiger partial charge on any atom is -0.481 e. The van der Waals surface area contributed by atoms with Gasteiger partial charge in [0.25, 0.3) is 0 Å². The molecular weight excluding hydrogens is 420 g/mol. The van der Waals surface area contributed by atoms with Crippen molar-refractivity contribution < 1.29 is 24.2 Å². The Morgan fingerprint density at radius 3 is 2.18 bits per heavy atom. The highest BCUT2D eigenvalue weighted by molar-refractivity contribution is 5.85. The minimum atomic E-state index is -0.943. The highest BCUT2D eigenvalue weighted by Gasteiger charge is 2.45. The normalized spacial score (nSPS) is 16.6. The van der Waals surface area contributed by atoms with Crippen LogP contribution in [0.4, 0.5) is 4.79 Å². The summed E-state index contributed by atoms with van der Waals surface area (Å²) >= 11 is 0. The summed E-state index contributed by atoms with van der Waals surface area (Å²) in [6.45, 7) is 2.24. The summed E-state index contributed by atoms with van der Waals surface area (Å²) < 4.78 is 5.58. The Kier molecular flexibility index (Phi) is 6.67. The average molecular weight is 451 g/mol. The zero-order valence-electron chi connectivity index (χ0n) is 18.8. The number of carboxylic acid groups (broad SMARTS) is 1. The van der Waals surface area contributed by atoms with Crippen molar-refractivity contribution in [3.8, 4) is 11.1 Å². The molecule has 0 bridgehead atoms. The summed E-state index contributed by atoms with van der Waals surface area (Å²) in [6, 6.07) is 15.9. The Hall–Kier alpha value is -3.35. The van der Waals surface area contributed by atoms with Crippen LogP contribution in [0.15, 0.2) is 48.5 Å². The molecule has 1 fully saturated rings. The Bertz CT molecular complexity index is 1000. The zero-order valence-corrected chi connectivity index (χ0v) is 18.8. The van der Waals surface area contributed by atoms with Gasteiger partial charge >= 0.3 is 12.1 Å². The topological polar surface area (TPSA) is 105 Å². The van der Waals surface area contributed by atoms with Crippen LogP contribution < -0.4 is 10.6 Å². The molecule has 0 radical (unpaired) electrons. The fourth-order valence-electron chi connectivity index (χ4n) is 4.83. The molecular formula is C26H30N2O5. The van der Waals surface area contributed by atoms with Gasteiger partial charge in [0.15, 0.2) is 0 Å². The third-order valence-electron chi connectivity index (χ3n) is 6.96. The fraction of sp³-hybridized carbons (Fsp3) is 0.423. The average Bonchev–Trinajstić information content (AvgIpc) is 3.10. The molecule has 7 nitrogen and oxygen atoms in total. The number of carbonyl (C=O) groups is 3. The molecule has 7 heteroatoms. The first kappa shape index (κ1) is 22.8. The maximum Gasteiger partial charge on any atom is 0.407 e. The predicted molar refractivity (Wildman–Crippen MR) is 124 cm³/mol. The second kappa shape index (κ2) is 9.65. The number of amides is 2. The third-order valence-corrected chi connectivity index (χ3v) is 6.96. The van der Waals surface area contributed by atoms with E-state index in [9.17, 15) is 14.4 Å². The number of hydrogen-bond donors (Lipinski definition) is 3. The number of nitrogens with one attached hydrogen (secondary N) is 2. The molecule has 3 N–H and O–H groups in total. The van der Waals surface area contributed by atoms with E-state index < -0.39 is 23.5 Å². The van der Waals surface area contributed by atoms with Crippen molar-refractivity contribution >= 4 is 18.0 Å². The molecule has 0 saturated heterocycles. The summed E-state index contributed by atoms with van der Waals surface area (Å²) in [5.41, 5.74) is 3.92. The number of fused-ring (bicyclic) bond motifs is 3. The summed E-state index contributed by atoms with van der Waals surface area (Å²) in [5, 5.41) is 14.6. The molecule has 2 aliphatic rings. The van der Waals surface area contributed by atoms with E-state index in [1.807, 2.05) is 31.2 Å². The van der Waals surface area contributed by atoms with E-state index in [-0.39, 0.29) is 31.4 Å². The van der Waals surface area contributed by atoms with E-state index in [2.05, 4.69) is 34.9 Å². The molecule has 4 rings (SSSR count). The van der Waals surface area contributed by atoms with Gasteiger partial charge < -0.3 is 20.5 Å². The lowest BCUT2D eigenvalue weighted by Gasteiger charge is -2.41. The van der Waals surface area contributed by atoms with Crippen LogP contribution in [0.1, 0.15) is 56.1 Å². The molecule has 2 amide bonds. The largest absolute Gasteiger partial charge is 0.481 e. The van der Waals surface area contributed by atoms with Gasteiger partial charge in [-0.05, 0) is 41.5 Å². The Labute approximate surface area is 193 Å². The van der Waals surface area contributed by atoms with Crippen molar-refractivity contribution in [1.29, 1.82) is 0 Å². The third kappa shape index (κ3) is 4.72. The van der Waals surface area contributed by atoms with Crippen molar-refractivity contribution in [2.45, 2.75) is 51.0 Å². The van der Waals surface area contributed by atoms with E-state index in [1.165, 1.54) is 11.1 Å². The Balaban J connectivity index is 1.34. The molecule has 2 aliphatic carbocycles. The van der Waals surface area contributed by atoms with Gasteiger partial charge in [-0.3, -0.25) is 9.59 Å². The second-order valence-electron chi connectivity index (χ2n) is 8.99. The zero-order chi connectivity index (χ0) is 23.4. The number of carbonyl (C=O) groups excluding carboxylic acids is 2. The van der Waals surface area contributed by atoms with Crippen LogP contribution >= 0.6 is 0 Å². The number of hydrogen-bond acceptors (Lipinski definition) is 4. The standard InChI is InChI=1S/C26H30N2O5/c1-2-17(14-23(29)30)28-24(31)26(12-7-13-26)16-27-25(32)33-15-22-20-10-5-3-8-18(20)19-9-4-6-11-21(19)22/h3-6,8-11,17,22H,2,7,12-16H2,1H3,(H,27,32)(H,28,31)(H,29,30)/t17-/m1/s1. The lowest BCUT2D eigenvalue weighted by Crippen LogP contribution is -2.54. The molecule has 2 aromatic rings. The summed E-state index contributed by atoms with van der Waals surface area (Å²) in [7, 11) is 0. The SMILES string of the molecule is CC[C@H](CC(=O)O)NC(=O)C1(CNC(=O)OCC2c3ccccc3-c3ccccc32)CCC1. The van der Waals surface area contributed by atoms with E-state index in [1.54, 1.807) is 0 Å². The molecule has 0 aliphatic heterocycles. The molecule has 1 atom stereocenters. The molecule has 0 unspecified atom stereocenters. The van der Waals surface area contributed by atoms with E-state index >= 15 is 0 Å². The highest BCUT2D eigenvalue weighted by Crippen LogP contribution is 2.44. The van der Waals surface area contributed by atoms with Crippen LogP contribution in [0.2, 0.25) is 0 Å². The first-order valence-electron chi connectivity index (χ1n) is 11.5. The van der Waals surface area contributed by atoms with Crippen LogP contribution in [-0.4, -0.2) is 42.3 Å². The number of carboxylic acids is 1. The number of alkyl carbamates (subject to hydrolysis) is 1. The van der Waals surface area contributed by atoms with Crippen LogP contribution in [0.3, 0.4) is 0 Å². The first-order chi connectivity index (χ1) is 15.9. The van der Waals surface area contributed by atoms with Gasteiger partial charge in [0.2, 0.25) is 5.91 Å². The summed E-state index contributed by atoms with van der Waals surface area (Å²) in [5.74, 6) is -1.16. The predicted octanol–water partition coefficient (Wildman–Crippen LogP) is 4.06. The van der Waals surface area contributed by atoms with Crippen LogP contribution in [0.25, 0.3) is 11.1 Å². The number of aliphatic carboxylic acids is 1. The Morgan fingerprint density at radius 2 is 1.67 bits per heavy atom. The van der Waals surface area contributed by atoms with Crippen molar-refractivity contribution in [3.63, 3.8) is 0 Å². The van der Waals surface area contributed by atoms with Gasteiger partial charge in [-0.15, -0.1) is 0 Å². The maximum atomic E-state index is 12.9. The molecule has 174 valence electrons. The van der Waals surface area contributed by atoms with Gasteiger partial charge in [-0.1, -0.05) is 61.9 Å². The molecule has 2 aromatic carbocycles. The lowest BCUT2D eigenvalue weighted by molar-refractivity contribution is -0.139.